The molecule has 3 atom stereocenters. The van der Waals surface area contributed by atoms with Gasteiger partial charge in [0.2, 0.25) is 9.84 Å². The lowest BCUT2D eigenvalue weighted by Crippen LogP contribution is -2.44. The molecule has 172 valence electrons. The molecule has 0 amide bonds. The Balaban J connectivity index is 1.72. The van der Waals surface area contributed by atoms with E-state index in [1.807, 2.05) is 0 Å². The summed E-state index contributed by atoms with van der Waals surface area (Å²) in [5.74, 6) is 0.221. The van der Waals surface area contributed by atoms with Crippen LogP contribution in [0.15, 0.2) is 52.3 Å². The smallest absolute Gasteiger partial charge is 0.303 e. The summed E-state index contributed by atoms with van der Waals surface area (Å²) in [5, 5.41) is 11.4. The minimum absolute atomic E-state index is 0.0216. The van der Waals surface area contributed by atoms with Crippen molar-refractivity contribution in [1.29, 1.82) is 0 Å². The van der Waals surface area contributed by atoms with Gasteiger partial charge in [-0.25, -0.2) is 13.4 Å². The molecule has 8 nitrogen and oxygen atoms in total. The zero-order valence-corrected chi connectivity index (χ0v) is 19.0. The van der Waals surface area contributed by atoms with Gasteiger partial charge in [-0.1, -0.05) is 6.07 Å². The third-order valence-electron chi connectivity index (χ3n) is 6.50. The van der Waals surface area contributed by atoms with Crippen molar-refractivity contribution in [2.24, 2.45) is 5.92 Å². The number of aliphatic carboxylic acids is 1. The van der Waals surface area contributed by atoms with Crippen LogP contribution in [0.4, 0.5) is 0 Å². The maximum absolute atomic E-state index is 13.6. The number of hydrogen-bond acceptors (Lipinski definition) is 7. The summed E-state index contributed by atoms with van der Waals surface area (Å²) in [7, 11) is -0.713. The van der Waals surface area contributed by atoms with E-state index in [4.69, 9.17) is 9.47 Å². The van der Waals surface area contributed by atoms with E-state index in [9.17, 15) is 18.3 Å². The number of methoxy groups -OCH3 is 2. The summed E-state index contributed by atoms with van der Waals surface area (Å²) < 4.78 is 38.0. The van der Waals surface area contributed by atoms with E-state index in [0.29, 0.717) is 36.6 Å². The number of hydrogen-bond donors (Lipinski definition) is 2. The molecule has 0 bridgehead atoms. The van der Waals surface area contributed by atoms with Crippen LogP contribution in [0.25, 0.3) is 0 Å². The van der Waals surface area contributed by atoms with Crippen molar-refractivity contribution in [3.63, 3.8) is 0 Å². The van der Waals surface area contributed by atoms with Gasteiger partial charge in [0.15, 0.2) is 0 Å². The van der Waals surface area contributed by atoms with Crippen LogP contribution < -0.4 is 14.9 Å². The van der Waals surface area contributed by atoms with E-state index < -0.39 is 15.8 Å². The van der Waals surface area contributed by atoms with Crippen LogP contribution in [0.5, 0.6) is 11.5 Å². The lowest BCUT2D eigenvalue weighted by Gasteiger charge is -2.37. The van der Waals surface area contributed by atoms with Crippen LogP contribution in [-0.4, -0.2) is 57.9 Å². The molecule has 0 spiro atoms. The molecule has 2 aliphatic heterocycles. The molecule has 2 fully saturated rings. The second-order valence-electron chi connectivity index (χ2n) is 8.25. The lowest BCUT2D eigenvalue weighted by molar-refractivity contribution is -0.138. The summed E-state index contributed by atoms with van der Waals surface area (Å²) >= 11 is 0. The fourth-order valence-corrected chi connectivity index (χ4v) is 6.49. The number of carbonyl (C=O) groups is 1. The van der Waals surface area contributed by atoms with E-state index >= 15 is 0 Å². The molecule has 4 rings (SSSR count). The van der Waals surface area contributed by atoms with Crippen LogP contribution in [0.1, 0.15) is 30.7 Å². The summed E-state index contributed by atoms with van der Waals surface area (Å²) in [5.41, 5.74) is 3.98. The largest absolute Gasteiger partial charge is 0.497 e. The molecule has 3 unspecified atom stereocenters. The average molecular weight is 461 g/mol. The number of nitrogens with one attached hydrogen (secondary N) is 1. The first-order chi connectivity index (χ1) is 15.3. The number of piperidine rings is 1. The number of benzene rings is 2. The highest BCUT2D eigenvalue weighted by molar-refractivity contribution is 7.91. The standard InChI is InChI=1S/C23H28N2O6S/c1-30-17-6-8-18(9-7-17)32(28,29)21-5-3-4-20(31-2)23(21)15-10-11-25-19(12-15)16(14-24-25)13-22(26)27/h3-9,15-16,19,24H,10-14H2,1-2H3,(H,26,27). The average Bonchev–Trinajstić information content (AvgIpc) is 3.19. The van der Waals surface area contributed by atoms with Crippen molar-refractivity contribution in [1.82, 2.24) is 10.4 Å². The van der Waals surface area contributed by atoms with Gasteiger partial charge in [-0.05, 0) is 55.2 Å². The zero-order chi connectivity index (χ0) is 22.9. The van der Waals surface area contributed by atoms with Gasteiger partial charge in [-0.15, -0.1) is 0 Å². The highest BCUT2D eigenvalue weighted by atomic mass is 32.2. The van der Waals surface area contributed by atoms with Crippen molar-refractivity contribution < 1.29 is 27.8 Å². The Hall–Kier alpha value is -2.62. The van der Waals surface area contributed by atoms with Crippen molar-refractivity contribution in [2.45, 2.75) is 41.0 Å². The first-order valence-corrected chi connectivity index (χ1v) is 12.1. The maximum Gasteiger partial charge on any atom is 0.303 e. The molecule has 0 aliphatic carbocycles. The van der Waals surface area contributed by atoms with E-state index in [-0.39, 0.29) is 34.1 Å². The summed E-state index contributed by atoms with van der Waals surface area (Å²) in [6, 6.07) is 11.5. The monoisotopic (exact) mass is 460 g/mol. The van der Waals surface area contributed by atoms with E-state index in [0.717, 1.165) is 6.42 Å². The second kappa shape index (κ2) is 9.09. The number of carboxylic acid groups (broad SMARTS) is 1. The Morgan fingerprint density at radius 3 is 2.56 bits per heavy atom. The molecular formula is C23H28N2O6S. The first kappa shape index (κ1) is 22.6. The van der Waals surface area contributed by atoms with Gasteiger partial charge in [-0.2, -0.15) is 0 Å². The molecule has 32 heavy (non-hydrogen) atoms. The van der Waals surface area contributed by atoms with Gasteiger partial charge in [0.1, 0.15) is 11.5 Å². The van der Waals surface area contributed by atoms with Crippen molar-refractivity contribution in [3.05, 3.63) is 48.0 Å². The second-order valence-corrected chi connectivity index (χ2v) is 10.2. The van der Waals surface area contributed by atoms with Gasteiger partial charge >= 0.3 is 5.97 Å². The minimum atomic E-state index is -3.79. The SMILES string of the molecule is COc1ccc(S(=O)(=O)c2cccc(OC)c2C2CCN3NCC(CC(=O)O)C3C2)cc1. The molecule has 0 saturated carbocycles. The predicted octanol–water partition coefficient (Wildman–Crippen LogP) is 2.69. The van der Waals surface area contributed by atoms with E-state index in [1.165, 1.54) is 7.11 Å². The van der Waals surface area contributed by atoms with Gasteiger partial charge in [0.05, 0.1) is 30.4 Å². The molecule has 2 aliphatic rings. The molecule has 2 saturated heterocycles. The van der Waals surface area contributed by atoms with Gasteiger partial charge in [0, 0.05) is 30.6 Å². The fourth-order valence-electron chi connectivity index (χ4n) is 4.93. The third kappa shape index (κ3) is 4.20. The first-order valence-electron chi connectivity index (χ1n) is 10.6. The van der Waals surface area contributed by atoms with Gasteiger partial charge < -0.3 is 14.6 Å². The topological polar surface area (TPSA) is 105 Å². The molecule has 2 aromatic rings. The Bertz CT molecular complexity index is 1090. The van der Waals surface area contributed by atoms with Gasteiger partial charge in [0.25, 0.3) is 0 Å². The zero-order valence-electron chi connectivity index (χ0n) is 18.2. The quantitative estimate of drug-likeness (QED) is 0.650. The van der Waals surface area contributed by atoms with Crippen molar-refractivity contribution in [2.75, 3.05) is 27.3 Å². The van der Waals surface area contributed by atoms with Crippen molar-refractivity contribution >= 4 is 15.8 Å². The Kier molecular flexibility index (Phi) is 6.41. The third-order valence-corrected chi connectivity index (χ3v) is 8.32. The summed E-state index contributed by atoms with van der Waals surface area (Å²) in [6.45, 7) is 1.33. The molecular weight excluding hydrogens is 432 g/mol. The lowest BCUT2D eigenvalue weighted by atomic mass is 9.81. The van der Waals surface area contributed by atoms with Crippen LogP contribution in [0.2, 0.25) is 0 Å². The van der Waals surface area contributed by atoms with E-state index in [1.54, 1.807) is 49.6 Å². The Labute approximate surface area is 188 Å². The fraction of sp³-hybridized carbons (Fsp3) is 0.435. The van der Waals surface area contributed by atoms with Crippen molar-refractivity contribution in [3.8, 4) is 11.5 Å². The number of sulfone groups is 1. The van der Waals surface area contributed by atoms with Crippen LogP contribution >= 0.6 is 0 Å². The molecule has 0 radical (unpaired) electrons. The number of ether oxygens (including phenoxy) is 2. The van der Waals surface area contributed by atoms with Crippen LogP contribution in [0, 0.1) is 5.92 Å². The molecule has 0 aromatic heterocycles. The molecule has 2 N–H and O–H groups in total. The summed E-state index contributed by atoms with van der Waals surface area (Å²) in [6.07, 6.45) is 1.50. The normalized spacial score (nSPS) is 23.5. The Morgan fingerprint density at radius 2 is 1.91 bits per heavy atom. The van der Waals surface area contributed by atoms with E-state index in [2.05, 4.69) is 10.4 Å². The number of nitrogens with zero attached hydrogens (tertiary/aromatic N) is 1. The summed E-state index contributed by atoms with van der Waals surface area (Å²) in [4.78, 5) is 11.7. The number of rotatable bonds is 7. The molecule has 2 aromatic carbocycles. The van der Waals surface area contributed by atoms with Crippen LogP contribution in [0.3, 0.4) is 0 Å². The highest BCUT2D eigenvalue weighted by Crippen LogP contribution is 2.44. The molecule has 9 heteroatoms. The van der Waals surface area contributed by atoms with Gasteiger partial charge in [-0.3, -0.25) is 10.2 Å². The van der Waals surface area contributed by atoms with Crippen LogP contribution in [-0.2, 0) is 14.6 Å². The Morgan fingerprint density at radius 1 is 1.16 bits per heavy atom. The number of carboxylic acids is 1. The predicted molar refractivity (Wildman–Crippen MR) is 118 cm³/mol. The number of hydrazine groups is 1. The maximum atomic E-state index is 13.6. The highest BCUT2D eigenvalue weighted by Gasteiger charge is 2.42. The molecule has 2 heterocycles. The number of fused-ring (bicyclic) bond motifs is 1. The minimum Gasteiger partial charge on any atom is -0.497 e.